The van der Waals surface area contributed by atoms with Crippen molar-refractivity contribution in [1.82, 2.24) is 9.97 Å². The number of aromatic nitrogens is 2. The number of nitrogens with zero attached hydrogens (tertiary/aromatic N) is 3. The first-order valence-electron chi connectivity index (χ1n) is 8.91. The van der Waals surface area contributed by atoms with E-state index in [1.54, 1.807) is 12.1 Å². The number of halogens is 4. The highest BCUT2D eigenvalue weighted by molar-refractivity contribution is 5.96. The number of anilines is 2. The van der Waals surface area contributed by atoms with Crippen LogP contribution >= 0.6 is 0 Å². The van der Waals surface area contributed by atoms with E-state index >= 15 is 0 Å². The van der Waals surface area contributed by atoms with E-state index in [0.717, 1.165) is 11.1 Å². The molecule has 0 unspecified atom stereocenters. The Bertz CT molecular complexity index is 1090. The van der Waals surface area contributed by atoms with Gasteiger partial charge in [-0.1, -0.05) is 42.0 Å². The van der Waals surface area contributed by atoms with Crippen LogP contribution in [0.3, 0.4) is 0 Å². The summed E-state index contributed by atoms with van der Waals surface area (Å²) in [5.74, 6) is -0.416. The third-order valence-electron chi connectivity index (χ3n) is 4.54. The number of aliphatic imine (C=N–C) groups is 1. The highest BCUT2D eigenvalue weighted by Gasteiger charge is 2.40. The van der Waals surface area contributed by atoms with Crippen LogP contribution in [-0.4, -0.2) is 21.9 Å². The van der Waals surface area contributed by atoms with Crippen LogP contribution in [0.25, 0.3) is 0 Å². The lowest BCUT2D eigenvalue weighted by Gasteiger charge is -2.13. The summed E-state index contributed by atoms with van der Waals surface area (Å²) < 4.78 is 53.3. The van der Waals surface area contributed by atoms with Gasteiger partial charge in [0.15, 0.2) is 11.6 Å². The summed E-state index contributed by atoms with van der Waals surface area (Å²) in [4.78, 5) is 12.2. The van der Waals surface area contributed by atoms with E-state index in [0.29, 0.717) is 12.1 Å². The van der Waals surface area contributed by atoms with Gasteiger partial charge in [-0.15, -0.1) is 0 Å². The smallest absolute Gasteiger partial charge is 0.336 e. The Morgan fingerprint density at radius 1 is 1.00 bits per heavy atom. The number of hydrogen-bond donors (Lipinski definition) is 1. The van der Waals surface area contributed by atoms with Crippen LogP contribution in [0.2, 0.25) is 0 Å². The third-order valence-corrected chi connectivity index (χ3v) is 4.54. The van der Waals surface area contributed by atoms with Gasteiger partial charge in [-0.05, 0) is 24.6 Å². The molecule has 0 spiro atoms. The summed E-state index contributed by atoms with van der Waals surface area (Å²) in [6, 6.07) is 13.7. The molecule has 1 aliphatic heterocycles. The zero-order valence-electron chi connectivity index (χ0n) is 15.4. The Morgan fingerprint density at radius 2 is 1.72 bits per heavy atom. The van der Waals surface area contributed by atoms with Gasteiger partial charge < -0.3 is 5.32 Å². The molecule has 0 fully saturated rings. The predicted octanol–water partition coefficient (Wildman–Crippen LogP) is 5.45. The molecule has 8 heteroatoms. The minimum atomic E-state index is -4.54. The Balaban J connectivity index is 1.74. The Hall–Kier alpha value is -3.29. The average Bonchev–Trinajstić information content (AvgIpc) is 3.09. The second-order valence-electron chi connectivity index (χ2n) is 6.79. The van der Waals surface area contributed by atoms with Crippen molar-refractivity contribution in [2.75, 3.05) is 5.32 Å². The zero-order valence-corrected chi connectivity index (χ0v) is 15.4. The maximum absolute atomic E-state index is 14.1. The zero-order chi connectivity index (χ0) is 20.6. The Labute approximate surface area is 164 Å². The molecule has 1 aliphatic rings. The van der Waals surface area contributed by atoms with Crippen molar-refractivity contribution in [1.29, 1.82) is 0 Å². The number of rotatable bonds is 4. The first kappa shape index (κ1) is 19.0. The molecule has 2 heterocycles. The maximum Gasteiger partial charge on any atom is 0.429 e. The van der Waals surface area contributed by atoms with Gasteiger partial charge in [-0.3, -0.25) is 0 Å². The molecule has 1 N–H and O–H groups in total. The van der Waals surface area contributed by atoms with Crippen LogP contribution in [0.4, 0.5) is 34.9 Å². The van der Waals surface area contributed by atoms with Gasteiger partial charge >= 0.3 is 6.18 Å². The van der Waals surface area contributed by atoms with Crippen molar-refractivity contribution in [3.8, 4) is 0 Å². The number of benzene rings is 2. The van der Waals surface area contributed by atoms with Gasteiger partial charge in [0.1, 0.15) is 11.5 Å². The lowest BCUT2D eigenvalue weighted by Crippen LogP contribution is -2.22. The molecular weight excluding hydrogens is 384 g/mol. The normalized spacial score (nSPS) is 13.2. The molecule has 2 aromatic carbocycles. The maximum atomic E-state index is 14.1. The monoisotopic (exact) mass is 400 g/mol. The van der Waals surface area contributed by atoms with Crippen molar-refractivity contribution in [2.24, 2.45) is 4.99 Å². The van der Waals surface area contributed by atoms with Crippen LogP contribution in [-0.2, 0) is 12.8 Å². The van der Waals surface area contributed by atoms with E-state index in [4.69, 9.17) is 0 Å². The minimum absolute atomic E-state index is 0.0937. The molecule has 1 aromatic heterocycles. The molecule has 0 saturated carbocycles. The number of para-hydroxylation sites is 1. The van der Waals surface area contributed by atoms with Crippen LogP contribution in [0.1, 0.15) is 22.5 Å². The Kier molecular flexibility index (Phi) is 4.77. The molecule has 29 heavy (non-hydrogen) atoms. The fourth-order valence-electron chi connectivity index (χ4n) is 3.01. The molecule has 4 nitrogen and oxygen atoms in total. The topological polar surface area (TPSA) is 50.2 Å². The number of nitrogens with one attached hydrogen (secondary N) is 1. The average molecular weight is 400 g/mol. The van der Waals surface area contributed by atoms with Crippen molar-refractivity contribution in [3.63, 3.8) is 0 Å². The van der Waals surface area contributed by atoms with Crippen molar-refractivity contribution >= 4 is 23.0 Å². The second-order valence-corrected chi connectivity index (χ2v) is 6.79. The molecule has 148 valence electrons. The summed E-state index contributed by atoms with van der Waals surface area (Å²) in [7, 11) is 0. The van der Waals surface area contributed by atoms with Crippen molar-refractivity contribution < 1.29 is 17.6 Å². The summed E-state index contributed by atoms with van der Waals surface area (Å²) >= 11 is 0. The standard InChI is InChI=1S/C21H16F4N4/c1-12-6-8-13(9-7-12)10-16-19(27-15-5-3-2-4-14(15)22)29-20-17(26-16)11-18(28-20)21(23,24)25/h2-9H,10-11H2,1H3,(H,27,29). The van der Waals surface area contributed by atoms with E-state index in [1.807, 2.05) is 31.2 Å². The first-order chi connectivity index (χ1) is 13.8. The van der Waals surface area contributed by atoms with E-state index in [-0.39, 0.29) is 23.0 Å². The molecule has 0 aliphatic carbocycles. The molecule has 4 rings (SSSR count). The van der Waals surface area contributed by atoms with Crippen molar-refractivity contribution in [3.05, 3.63) is 76.9 Å². The van der Waals surface area contributed by atoms with Gasteiger partial charge in [0.05, 0.1) is 17.1 Å². The first-order valence-corrected chi connectivity index (χ1v) is 8.91. The minimum Gasteiger partial charge on any atom is -0.336 e. The van der Waals surface area contributed by atoms with Gasteiger partial charge in [0, 0.05) is 12.8 Å². The summed E-state index contributed by atoms with van der Waals surface area (Å²) in [6.07, 6.45) is -4.63. The van der Waals surface area contributed by atoms with Crippen LogP contribution < -0.4 is 5.32 Å². The number of hydrogen-bond acceptors (Lipinski definition) is 4. The van der Waals surface area contributed by atoms with Gasteiger partial charge in [-0.25, -0.2) is 19.4 Å². The van der Waals surface area contributed by atoms with Crippen LogP contribution in [0.15, 0.2) is 53.5 Å². The van der Waals surface area contributed by atoms with Crippen LogP contribution in [0, 0.1) is 12.7 Å². The molecule has 0 amide bonds. The fourth-order valence-corrected chi connectivity index (χ4v) is 3.01. The lowest BCUT2D eigenvalue weighted by molar-refractivity contribution is -0.0597. The van der Waals surface area contributed by atoms with Gasteiger partial charge in [0.2, 0.25) is 0 Å². The predicted molar refractivity (Wildman–Crippen MR) is 103 cm³/mol. The molecule has 0 bridgehead atoms. The molecule has 0 saturated heterocycles. The van der Waals surface area contributed by atoms with Crippen molar-refractivity contribution in [2.45, 2.75) is 25.9 Å². The van der Waals surface area contributed by atoms with Crippen LogP contribution in [0.5, 0.6) is 0 Å². The quantitative estimate of drug-likeness (QED) is 0.593. The van der Waals surface area contributed by atoms with E-state index in [2.05, 4.69) is 20.3 Å². The third kappa shape index (κ3) is 4.11. The lowest BCUT2D eigenvalue weighted by atomic mass is 10.1. The summed E-state index contributed by atoms with van der Waals surface area (Å²) in [6.45, 7) is 1.96. The van der Waals surface area contributed by atoms with Gasteiger partial charge in [-0.2, -0.15) is 13.2 Å². The van der Waals surface area contributed by atoms with E-state index in [1.165, 1.54) is 12.1 Å². The molecular formula is C21H16F4N4. The number of aryl methyl sites for hydroxylation is 1. The second kappa shape index (κ2) is 7.27. The highest BCUT2D eigenvalue weighted by Crippen LogP contribution is 2.34. The fraction of sp³-hybridized carbons (Fsp3) is 0.190. The molecule has 3 aromatic rings. The highest BCUT2D eigenvalue weighted by atomic mass is 19.4. The van der Waals surface area contributed by atoms with Gasteiger partial charge in [0.25, 0.3) is 0 Å². The molecule has 0 radical (unpaired) electrons. The largest absolute Gasteiger partial charge is 0.429 e. The Morgan fingerprint density at radius 3 is 2.41 bits per heavy atom. The number of fused-ring (bicyclic) bond motifs is 1. The van der Waals surface area contributed by atoms with E-state index < -0.39 is 24.1 Å². The molecule has 0 atom stereocenters. The number of alkyl halides is 3. The summed E-state index contributed by atoms with van der Waals surface area (Å²) in [5.41, 5.74) is 1.81. The SMILES string of the molecule is Cc1ccc(Cc2nc3c(nc2Nc2ccccc2F)N=C(C(F)(F)F)C3)cc1. The van der Waals surface area contributed by atoms with E-state index in [9.17, 15) is 17.6 Å². The summed E-state index contributed by atoms with van der Waals surface area (Å²) in [5, 5.41) is 2.86.